The van der Waals surface area contributed by atoms with E-state index < -0.39 is 17.7 Å². The SMILES string of the molecule is COc1ccc2[nH]cc(CCN3C(=O)C(=O)C(=C(O)c4ccc(C)cc4)[C@H]3c3ccccc3)c2c1. The maximum Gasteiger partial charge on any atom is 0.295 e. The van der Waals surface area contributed by atoms with Crippen LogP contribution >= 0.6 is 0 Å². The maximum absolute atomic E-state index is 13.2. The van der Waals surface area contributed by atoms with Crippen LogP contribution in [0.3, 0.4) is 0 Å². The Morgan fingerprint density at radius 2 is 1.77 bits per heavy atom. The standard InChI is InChI=1S/C29H26N2O4/c1-18-8-10-20(11-9-18)27(32)25-26(19-6-4-3-5-7-19)31(29(34)28(25)33)15-14-21-17-30-24-13-12-22(35-2)16-23(21)24/h3-13,16-17,26,30,32H,14-15H2,1-2H3/t26-/m1/s1. The monoisotopic (exact) mass is 466 g/mol. The minimum atomic E-state index is -0.669. The Morgan fingerprint density at radius 1 is 1.03 bits per heavy atom. The van der Waals surface area contributed by atoms with Gasteiger partial charge in [-0.2, -0.15) is 0 Å². The number of ether oxygens (including phenoxy) is 1. The first kappa shape index (κ1) is 22.5. The highest BCUT2D eigenvalue weighted by Crippen LogP contribution is 2.39. The molecule has 1 aromatic heterocycles. The number of aryl methyl sites for hydroxylation is 1. The van der Waals surface area contributed by atoms with Gasteiger partial charge in [-0.1, -0.05) is 60.2 Å². The number of likely N-dealkylation sites (tertiary alicyclic amines) is 1. The van der Waals surface area contributed by atoms with E-state index in [0.717, 1.165) is 33.3 Å². The third-order valence-electron chi connectivity index (χ3n) is 6.58. The number of fused-ring (bicyclic) bond motifs is 1. The average molecular weight is 467 g/mol. The van der Waals surface area contributed by atoms with Gasteiger partial charge in [-0.05, 0) is 42.7 Å². The third kappa shape index (κ3) is 4.08. The summed E-state index contributed by atoms with van der Waals surface area (Å²) in [6, 6.07) is 21.8. The van der Waals surface area contributed by atoms with Crippen LogP contribution < -0.4 is 4.74 Å². The van der Waals surface area contributed by atoms with Crippen molar-refractivity contribution < 1.29 is 19.4 Å². The van der Waals surface area contributed by atoms with Crippen LogP contribution in [0.5, 0.6) is 5.75 Å². The number of carbonyl (C=O) groups is 2. The van der Waals surface area contributed by atoms with Gasteiger partial charge in [0.15, 0.2) is 0 Å². The molecule has 5 rings (SSSR count). The molecule has 1 fully saturated rings. The molecule has 2 N–H and O–H groups in total. The molecule has 4 aromatic rings. The van der Waals surface area contributed by atoms with Crippen LogP contribution in [0.2, 0.25) is 0 Å². The number of ketones is 1. The Kier molecular flexibility index (Phi) is 5.87. The molecular weight excluding hydrogens is 440 g/mol. The van der Waals surface area contributed by atoms with Gasteiger partial charge in [0.1, 0.15) is 11.5 Å². The zero-order valence-electron chi connectivity index (χ0n) is 19.6. The molecule has 1 saturated heterocycles. The molecular formula is C29H26N2O4. The van der Waals surface area contributed by atoms with Crippen LogP contribution in [0.15, 0.2) is 84.6 Å². The van der Waals surface area contributed by atoms with Crippen LogP contribution in [-0.4, -0.2) is 40.3 Å². The van der Waals surface area contributed by atoms with Crippen molar-refractivity contribution in [2.75, 3.05) is 13.7 Å². The first-order valence-electron chi connectivity index (χ1n) is 11.5. The summed E-state index contributed by atoms with van der Waals surface area (Å²) in [6.45, 7) is 2.27. The smallest absolute Gasteiger partial charge is 0.295 e. The van der Waals surface area contributed by atoms with E-state index in [1.54, 1.807) is 24.1 Å². The zero-order valence-corrected chi connectivity index (χ0v) is 19.6. The van der Waals surface area contributed by atoms with Gasteiger partial charge in [-0.3, -0.25) is 9.59 Å². The molecule has 2 heterocycles. The first-order chi connectivity index (χ1) is 17.0. The number of methoxy groups -OCH3 is 1. The van der Waals surface area contributed by atoms with Gasteiger partial charge in [0.05, 0.1) is 18.7 Å². The van der Waals surface area contributed by atoms with E-state index in [-0.39, 0.29) is 11.3 Å². The molecule has 176 valence electrons. The number of Topliss-reactive ketones (excluding diaryl/α,β-unsaturated/α-hetero) is 1. The summed E-state index contributed by atoms with van der Waals surface area (Å²) in [7, 11) is 1.63. The molecule has 1 aliphatic heterocycles. The fraction of sp³-hybridized carbons (Fsp3) is 0.172. The lowest BCUT2D eigenvalue weighted by Crippen LogP contribution is -2.31. The van der Waals surface area contributed by atoms with Crippen LogP contribution in [0, 0.1) is 6.92 Å². The van der Waals surface area contributed by atoms with Gasteiger partial charge in [0.2, 0.25) is 0 Å². The number of nitrogens with one attached hydrogen (secondary N) is 1. The molecule has 1 atom stereocenters. The van der Waals surface area contributed by atoms with Crippen molar-refractivity contribution in [2.24, 2.45) is 0 Å². The Hall–Kier alpha value is -4.32. The number of aliphatic hydroxyl groups is 1. The number of aromatic nitrogens is 1. The number of hydrogen-bond donors (Lipinski definition) is 2. The Balaban J connectivity index is 1.54. The van der Waals surface area contributed by atoms with E-state index in [2.05, 4.69) is 4.98 Å². The fourth-order valence-electron chi connectivity index (χ4n) is 4.69. The first-order valence-corrected chi connectivity index (χ1v) is 11.5. The lowest BCUT2D eigenvalue weighted by atomic mass is 9.95. The van der Waals surface area contributed by atoms with Crippen LogP contribution in [-0.2, 0) is 16.0 Å². The number of hydrogen-bond acceptors (Lipinski definition) is 4. The summed E-state index contributed by atoms with van der Waals surface area (Å²) in [4.78, 5) is 31.2. The van der Waals surface area contributed by atoms with E-state index >= 15 is 0 Å². The van der Waals surface area contributed by atoms with Crippen molar-refractivity contribution >= 4 is 28.4 Å². The number of rotatable bonds is 6. The Bertz CT molecular complexity index is 1430. The number of aromatic amines is 1. The third-order valence-corrected chi connectivity index (χ3v) is 6.58. The number of amides is 1. The van der Waals surface area contributed by atoms with Crippen LogP contribution in [0.4, 0.5) is 0 Å². The molecule has 0 bridgehead atoms. The highest BCUT2D eigenvalue weighted by atomic mass is 16.5. The highest BCUT2D eigenvalue weighted by molar-refractivity contribution is 6.46. The molecule has 3 aromatic carbocycles. The van der Waals surface area contributed by atoms with Crippen molar-refractivity contribution in [1.82, 2.24) is 9.88 Å². The molecule has 1 amide bonds. The molecule has 0 spiro atoms. The van der Waals surface area contributed by atoms with Gasteiger partial charge in [-0.25, -0.2) is 0 Å². The molecule has 1 aliphatic rings. The topological polar surface area (TPSA) is 82.6 Å². The normalized spacial score (nSPS) is 17.3. The molecule has 0 saturated carbocycles. The summed E-state index contributed by atoms with van der Waals surface area (Å²) in [5.41, 5.74) is 4.44. The summed E-state index contributed by atoms with van der Waals surface area (Å²) >= 11 is 0. The second kappa shape index (κ2) is 9.14. The molecule has 0 aliphatic carbocycles. The fourth-order valence-corrected chi connectivity index (χ4v) is 4.69. The van der Waals surface area contributed by atoms with E-state index in [4.69, 9.17) is 4.74 Å². The van der Waals surface area contributed by atoms with Gasteiger partial charge in [-0.15, -0.1) is 0 Å². The molecule has 35 heavy (non-hydrogen) atoms. The van der Waals surface area contributed by atoms with Gasteiger partial charge in [0.25, 0.3) is 11.7 Å². The number of benzene rings is 3. The van der Waals surface area contributed by atoms with Crippen molar-refractivity contribution in [1.29, 1.82) is 0 Å². The number of nitrogens with zero attached hydrogens (tertiary/aromatic N) is 1. The van der Waals surface area contributed by atoms with Gasteiger partial charge >= 0.3 is 0 Å². The number of H-pyrrole nitrogens is 1. The summed E-state index contributed by atoms with van der Waals surface area (Å²) in [5.74, 6) is -0.680. The predicted molar refractivity (Wildman–Crippen MR) is 135 cm³/mol. The Labute approximate surface area is 203 Å². The second-order valence-electron chi connectivity index (χ2n) is 8.74. The predicted octanol–water partition coefficient (Wildman–Crippen LogP) is 5.15. The van der Waals surface area contributed by atoms with Gasteiger partial charge < -0.3 is 19.7 Å². The van der Waals surface area contributed by atoms with Crippen molar-refractivity contribution in [3.05, 3.63) is 107 Å². The summed E-state index contributed by atoms with van der Waals surface area (Å²) < 4.78 is 5.36. The highest BCUT2D eigenvalue weighted by Gasteiger charge is 2.45. The summed E-state index contributed by atoms with van der Waals surface area (Å²) in [5, 5.41) is 12.2. The quantitative estimate of drug-likeness (QED) is 0.234. The zero-order chi connectivity index (χ0) is 24.5. The lowest BCUT2D eigenvalue weighted by molar-refractivity contribution is -0.139. The molecule has 0 unspecified atom stereocenters. The minimum absolute atomic E-state index is 0.116. The van der Waals surface area contributed by atoms with Crippen molar-refractivity contribution in [3.8, 4) is 5.75 Å². The molecule has 6 nitrogen and oxygen atoms in total. The lowest BCUT2D eigenvalue weighted by Gasteiger charge is -2.25. The van der Waals surface area contributed by atoms with Crippen molar-refractivity contribution in [3.63, 3.8) is 0 Å². The van der Waals surface area contributed by atoms with E-state index in [1.165, 1.54) is 0 Å². The summed E-state index contributed by atoms with van der Waals surface area (Å²) in [6.07, 6.45) is 2.46. The maximum atomic E-state index is 13.2. The van der Waals surface area contributed by atoms with Gasteiger partial charge in [0, 0.05) is 29.2 Å². The second-order valence-corrected chi connectivity index (χ2v) is 8.74. The van der Waals surface area contributed by atoms with E-state index in [1.807, 2.05) is 73.8 Å². The Morgan fingerprint density at radius 3 is 2.49 bits per heavy atom. The minimum Gasteiger partial charge on any atom is -0.507 e. The van der Waals surface area contributed by atoms with Crippen LogP contribution in [0.25, 0.3) is 16.7 Å². The largest absolute Gasteiger partial charge is 0.507 e. The van der Waals surface area contributed by atoms with Crippen LogP contribution in [0.1, 0.15) is 28.3 Å². The number of aliphatic hydroxyl groups excluding tert-OH is 1. The van der Waals surface area contributed by atoms with Crippen molar-refractivity contribution in [2.45, 2.75) is 19.4 Å². The number of carbonyl (C=O) groups excluding carboxylic acids is 2. The van der Waals surface area contributed by atoms with E-state index in [9.17, 15) is 14.7 Å². The molecule has 6 heteroatoms. The average Bonchev–Trinajstić information content (AvgIpc) is 3.40. The molecule has 0 radical (unpaired) electrons. The van der Waals surface area contributed by atoms with E-state index in [0.29, 0.717) is 18.5 Å².